The van der Waals surface area contributed by atoms with Gasteiger partial charge in [0.2, 0.25) is 15.2 Å². The number of benzene rings is 1. The molecule has 2 aromatic rings. The summed E-state index contributed by atoms with van der Waals surface area (Å²) in [6.07, 6.45) is 2.16. The summed E-state index contributed by atoms with van der Waals surface area (Å²) < 4.78 is 25.0. The van der Waals surface area contributed by atoms with Gasteiger partial charge in [-0.1, -0.05) is 30.0 Å². The van der Waals surface area contributed by atoms with Crippen molar-refractivity contribution in [2.75, 3.05) is 28.7 Å². The number of hydrogen-bond donors (Lipinski definition) is 1. The molecule has 2 rings (SSSR count). The fraction of sp³-hybridized carbons (Fsp3) is 0.357. The Labute approximate surface area is 149 Å². The van der Waals surface area contributed by atoms with E-state index in [1.165, 1.54) is 18.4 Å². The van der Waals surface area contributed by atoms with Crippen LogP contribution in [0.25, 0.3) is 0 Å². The van der Waals surface area contributed by atoms with Gasteiger partial charge in [-0.15, -0.1) is 10.2 Å². The van der Waals surface area contributed by atoms with E-state index < -0.39 is 10.0 Å². The van der Waals surface area contributed by atoms with Crippen molar-refractivity contribution in [3.63, 3.8) is 0 Å². The van der Waals surface area contributed by atoms with Gasteiger partial charge in [0.15, 0.2) is 4.34 Å². The molecule has 0 aliphatic rings. The number of nitrogens with one attached hydrogen (secondary N) is 1. The van der Waals surface area contributed by atoms with Gasteiger partial charge in [-0.2, -0.15) is 0 Å². The summed E-state index contributed by atoms with van der Waals surface area (Å²) in [7, 11) is -1.87. The number of nitrogens with zero attached hydrogens (tertiary/aromatic N) is 3. The average molecular weight is 387 g/mol. The smallest absolute Gasteiger partial charge is 0.257 e. The number of amides is 1. The van der Waals surface area contributed by atoms with Gasteiger partial charge in [-0.25, -0.2) is 8.42 Å². The molecule has 0 saturated heterocycles. The van der Waals surface area contributed by atoms with Gasteiger partial charge in [0, 0.05) is 18.4 Å². The summed E-state index contributed by atoms with van der Waals surface area (Å²) in [6, 6.07) is 6.30. The molecule has 1 aromatic carbocycles. The molecule has 7 nitrogen and oxygen atoms in total. The van der Waals surface area contributed by atoms with Crippen molar-refractivity contribution >= 4 is 49.8 Å². The standard InChI is InChI=1S/C14H18N4O3S3/c1-4-9-22-14-17-16-13(23-14)15-12(19)10-5-7-11(8-6-10)18(2)24(3,20)21/h5-8H,4,9H2,1-3H3,(H,15,16,19). The van der Waals surface area contributed by atoms with Gasteiger partial charge in [-0.05, 0) is 30.7 Å². The lowest BCUT2D eigenvalue weighted by Crippen LogP contribution is -2.24. The molecule has 1 aromatic heterocycles. The van der Waals surface area contributed by atoms with E-state index in [4.69, 9.17) is 0 Å². The average Bonchev–Trinajstić information content (AvgIpc) is 2.98. The Morgan fingerprint density at radius 3 is 2.54 bits per heavy atom. The largest absolute Gasteiger partial charge is 0.296 e. The Morgan fingerprint density at radius 1 is 1.29 bits per heavy atom. The number of carbonyl (C=O) groups is 1. The van der Waals surface area contributed by atoms with Crippen molar-refractivity contribution in [1.29, 1.82) is 0 Å². The fourth-order valence-corrected chi connectivity index (χ4v) is 3.87. The van der Waals surface area contributed by atoms with Crippen molar-refractivity contribution in [2.45, 2.75) is 17.7 Å². The summed E-state index contributed by atoms with van der Waals surface area (Å²) in [5.74, 6) is 0.643. The third-order valence-electron chi connectivity index (χ3n) is 3.05. The lowest BCUT2D eigenvalue weighted by atomic mass is 10.2. The van der Waals surface area contributed by atoms with Gasteiger partial charge in [-0.3, -0.25) is 14.4 Å². The van der Waals surface area contributed by atoms with Crippen molar-refractivity contribution in [3.8, 4) is 0 Å². The van der Waals surface area contributed by atoms with Crippen LogP contribution in [0.1, 0.15) is 23.7 Å². The molecule has 10 heteroatoms. The number of carbonyl (C=O) groups excluding carboxylic acids is 1. The summed E-state index contributed by atoms with van der Waals surface area (Å²) in [4.78, 5) is 12.2. The molecule has 130 valence electrons. The van der Waals surface area contributed by atoms with Crippen LogP contribution in [0, 0.1) is 0 Å². The molecular formula is C14H18N4O3S3. The second kappa shape index (κ2) is 7.95. The van der Waals surface area contributed by atoms with Gasteiger partial charge in [0.05, 0.1) is 11.9 Å². The van der Waals surface area contributed by atoms with Crippen LogP contribution in [-0.4, -0.2) is 43.6 Å². The number of hydrogen-bond acceptors (Lipinski definition) is 7. The summed E-state index contributed by atoms with van der Waals surface area (Å²) >= 11 is 2.93. The van der Waals surface area contributed by atoms with Crippen LogP contribution in [0.15, 0.2) is 28.6 Å². The van der Waals surface area contributed by atoms with Crippen LogP contribution >= 0.6 is 23.1 Å². The van der Waals surface area contributed by atoms with E-state index in [1.54, 1.807) is 36.0 Å². The molecular weight excluding hydrogens is 368 g/mol. The third-order valence-corrected chi connectivity index (χ3v) is 6.43. The molecule has 1 heterocycles. The molecule has 0 saturated carbocycles. The molecule has 0 unspecified atom stereocenters. The molecule has 0 bridgehead atoms. The monoisotopic (exact) mass is 386 g/mol. The molecule has 0 spiro atoms. The van der Waals surface area contributed by atoms with Crippen molar-refractivity contribution in [1.82, 2.24) is 10.2 Å². The zero-order valence-corrected chi connectivity index (χ0v) is 16.0. The summed E-state index contributed by atoms with van der Waals surface area (Å²) in [5.41, 5.74) is 0.904. The Balaban J connectivity index is 2.04. The fourth-order valence-electron chi connectivity index (χ4n) is 1.69. The zero-order valence-electron chi connectivity index (χ0n) is 13.5. The van der Waals surface area contributed by atoms with Gasteiger partial charge in [0.25, 0.3) is 5.91 Å². The Hall–Kier alpha value is -1.65. The first kappa shape index (κ1) is 18.7. The van der Waals surface area contributed by atoms with Crippen molar-refractivity contribution in [3.05, 3.63) is 29.8 Å². The lowest BCUT2D eigenvalue weighted by Gasteiger charge is -2.16. The van der Waals surface area contributed by atoms with E-state index in [0.717, 1.165) is 27.1 Å². The molecule has 1 amide bonds. The minimum atomic E-state index is -3.33. The second-order valence-electron chi connectivity index (χ2n) is 4.95. The first-order chi connectivity index (χ1) is 11.3. The van der Waals surface area contributed by atoms with Crippen molar-refractivity contribution < 1.29 is 13.2 Å². The first-order valence-electron chi connectivity index (χ1n) is 7.13. The van der Waals surface area contributed by atoms with E-state index in [9.17, 15) is 13.2 Å². The molecule has 0 aliphatic heterocycles. The quantitative estimate of drug-likeness (QED) is 0.581. The zero-order chi connectivity index (χ0) is 17.7. The van der Waals surface area contributed by atoms with E-state index in [1.807, 2.05) is 0 Å². The van der Waals surface area contributed by atoms with E-state index >= 15 is 0 Å². The Bertz CT molecular complexity index is 803. The van der Waals surface area contributed by atoms with Crippen LogP contribution in [0.5, 0.6) is 0 Å². The van der Waals surface area contributed by atoms with Gasteiger partial charge in [0.1, 0.15) is 0 Å². The Morgan fingerprint density at radius 2 is 1.96 bits per heavy atom. The van der Waals surface area contributed by atoms with Gasteiger partial charge >= 0.3 is 0 Å². The molecule has 1 N–H and O–H groups in total. The lowest BCUT2D eigenvalue weighted by molar-refractivity contribution is 0.102. The van der Waals surface area contributed by atoms with E-state index in [2.05, 4.69) is 22.4 Å². The number of sulfonamides is 1. The minimum absolute atomic E-state index is 0.313. The third kappa shape index (κ3) is 4.92. The topological polar surface area (TPSA) is 92.3 Å². The summed E-state index contributed by atoms with van der Waals surface area (Å²) in [5, 5.41) is 11.1. The molecule has 0 atom stereocenters. The van der Waals surface area contributed by atoms with E-state index in [0.29, 0.717) is 16.4 Å². The maximum Gasteiger partial charge on any atom is 0.257 e. The Kier molecular flexibility index (Phi) is 6.19. The molecule has 0 fully saturated rings. The normalized spacial score (nSPS) is 11.3. The number of thioether (sulfide) groups is 1. The van der Waals surface area contributed by atoms with Crippen LogP contribution in [-0.2, 0) is 10.0 Å². The van der Waals surface area contributed by atoms with Crippen LogP contribution in [0.2, 0.25) is 0 Å². The molecule has 0 radical (unpaired) electrons. The highest BCUT2D eigenvalue weighted by molar-refractivity contribution is 8.01. The second-order valence-corrected chi connectivity index (χ2v) is 9.29. The van der Waals surface area contributed by atoms with Crippen LogP contribution in [0.3, 0.4) is 0 Å². The van der Waals surface area contributed by atoms with Crippen LogP contribution in [0.4, 0.5) is 10.8 Å². The predicted molar refractivity (Wildman–Crippen MR) is 98.6 cm³/mol. The predicted octanol–water partition coefficient (Wildman–Crippen LogP) is 2.69. The van der Waals surface area contributed by atoms with E-state index in [-0.39, 0.29) is 5.91 Å². The van der Waals surface area contributed by atoms with Crippen LogP contribution < -0.4 is 9.62 Å². The number of rotatable bonds is 7. The van der Waals surface area contributed by atoms with Gasteiger partial charge < -0.3 is 0 Å². The maximum absolute atomic E-state index is 12.2. The minimum Gasteiger partial charge on any atom is -0.296 e. The highest BCUT2D eigenvalue weighted by Gasteiger charge is 2.14. The van der Waals surface area contributed by atoms with Crippen molar-refractivity contribution in [2.24, 2.45) is 0 Å². The first-order valence-corrected chi connectivity index (χ1v) is 10.8. The highest BCUT2D eigenvalue weighted by atomic mass is 32.2. The molecule has 0 aliphatic carbocycles. The number of aromatic nitrogens is 2. The highest BCUT2D eigenvalue weighted by Crippen LogP contribution is 2.26. The molecule has 24 heavy (non-hydrogen) atoms. The maximum atomic E-state index is 12.2. The summed E-state index contributed by atoms with van der Waals surface area (Å²) in [6.45, 7) is 2.08. The SMILES string of the molecule is CCCSc1nnc(NC(=O)c2ccc(N(C)S(C)(=O)=O)cc2)s1. The number of anilines is 2.